The molecule has 0 spiro atoms. The Balaban J connectivity index is 2.21. The first kappa shape index (κ1) is 15.5. The number of benzene rings is 2. The van der Waals surface area contributed by atoms with Gasteiger partial charge in [0.2, 0.25) is 5.91 Å². The lowest BCUT2D eigenvalue weighted by Crippen LogP contribution is -2.28. The molecular formula is C16H12ClN3O2. The predicted octanol–water partition coefficient (Wildman–Crippen LogP) is 2.43. The van der Waals surface area contributed by atoms with E-state index >= 15 is 0 Å². The van der Waals surface area contributed by atoms with E-state index in [0.717, 1.165) is 0 Å². The van der Waals surface area contributed by atoms with E-state index in [1.807, 2.05) is 6.07 Å². The molecule has 0 saturated carbocycles. The van der Waals surface area contributed by atoms with Gasteiger partial charge >= 0.3 is 0 Å². The van der Waals surface area contributed by atoms with Crippen LogP contribution in [-0.2, 0) is 0 Å². The van der Waals surface area contributed by atoms with Crippen LogP contribution in [0.5, 0.6) is 0 Å². The standard InChI is InChI=1S/C16H12ClN3O2/c17-13-6-2-3-10(8-13)14(9-18)20-16(22)12-5-1-4-11(7-12)15(19)21/h1-8,14H,(H2,19,21)(H,20,22)/t14-/m0/s1. The molecule has 5 nitrogen and oxygen atoms in total. The average molecular weight is 314 g/mol. The van der Waals surface area contributed by atoms with Crippen molar-refractivity contribution in [1.82, 2.24) is 5.32 Å². The van der Waals surface area contributed by atoms with Crippen molar-refractivity contribution in [2.45, 2.75) is 6.04 Å². The molecule has 0 heterocycles. The molecule has 1 atom stereocenters. The highest BCUT2D eigenvalue weighted by atomic mass is 35.5. The van der Waals surface area contributed by atoms with Crippen molar-refractivity contribution in [3.63, 3.8) is 0 Å². The molecule has 0 unspecified atom stereocenters. The van der Waals surface area contributed by atoms with Gasteiger partial charge in [0.15, 0.2) is 0 Å². The van der Waals surface area contributed by atoms with Gasteiger partial charge < -0.3 is 11.1 Å². The van der Waals surface area contributed by atoms with Crippen molar-refractivity contribution in [1.29, 1.82) is 5.26 Å². The molecule has 0 bridgehead atoms. The number of hydrogen-bond donors (Lipinski definition) is 2. The van der Waals surface area contributed by atoms with Crippen LogP contribution in [0.25, 0.3) is 0 Å². The fraction of sp³-hybridized carbons (Fsp3) is 0.0625. The molecule has 22 heavy (non-hydrogen) atoms. The lowest BCUT2D eigenvalue weighted by Gasteiger charge is -2.12. The fourth-order valence-corrected chi connectivity index (χ4v) is 2.10. The molecule has 110 valence electrons. The van der Waals surface area contributed by atoms with Crippen molar-refractivity contribution in [2.75, 3.05) is 0 Å². The van der Waals surface area contributed by atoms with E-state index in [9.17, 15) is 14.9 Å². The molecular weight excluding hydrogens is 302 g/mol. The molecule has 0 aliphatic carbocycles. The Morgan fingerprint density at radius 1 is 1.14 bits per heavy atom. The largest absolute Gasteiger partial charge is 0.366 e. The van der Waals surface area contributed by atoms with Gasteiger partial charge in [-0.05, 0) is 35.9 Å². The van der Waals surface area contributed by atoms with Gasteiger partial charge in [-0.25, -0.2) is 0 Å². The van der Waals surface area contributed by atoms with Crippen molar-refractivity contribution in [3.05, 3.63) is 70.2 Å². The van der Waals surface area contributed by atoms with Crippen LogP contribution in [0, 0.1) is 11.3 Å². The number of halogens is 1. The number of nitriles is 1. The summed E-state index contributed by atoms with van der Waals surface area (Å²) >= 11 is 5.88. The summed E-state index contributed by atoms with van der Waals surface area (Å²) in [5, 5.41) is 12.3. The van der Waals surface area contributed by atoms with Crippen molar-refractivity contribution < 1.29 is 9.59 Å². The molecule has 0 aliphatic heterocycles. The molecule has 6 heteroatoms. The van der Waals surface area contributed by atoms with Crippen LogP contribution in [0.1, 0.15) is 32.3 Å². The van der Waals surface area contributed by atoms with E-state index in [1.54, 1.807) is 30.3 Å². The summed E-state index contributed by atoms with van der Waals surface area (Å²) in [6, 6.07) is 13.8. The Hall–Kier alpha value is -2.84. The third-order valence-electron chi connectivity index (χ3n) is 3.00. The molecule has 0 aromatic heterocycles. The number of primary amides is 1. The minimum Gasteiger partial charge on any atom is -0.366 e. The van der Waals surface area contributed by atoms with Gasteiger partial charge in [-0.2, -0.15) is 5.26 Å². The van der Waals surface area contributed by atoms with Crippen LogP contribution < -0.4 is 11.1 Å². The second kappa shape index (κ2) is 6.74. The van der Waals surface area contributed by atoms with Crippen molar-refractivity contribution in [3.8, 4) is 6.07 Å². The number of amides is 2. The van der Waals surface area contributed by atoms with Gasteiger partial charge in [0.1, 0.15) is 6.04 Å². The van der Waals surface area contributed by atoms with Crippen molar-refractivity contribution >= 4 is 23.4 Å². The number of nitrogens with one attached hydrogen (secondary N) is 1. The smallest absolute Gasteiger partial charge is 0.252 e. The van der Waals surface area contributed by atoms with Crippen LogP contribution in [0.3, 0.4) is 0 Å². The van der Waals surface area contributed by atoms with E-state index in [-0.39, 0.29) is 11.1 Å². The second-order valence-corrected chi connectivity index (χ2v) is 4.97. The first-order valence-electron chi connectivity index (χ1n) is 6.37. The summed E-state index contributed by atoms with van der Waals surface area (Å²) in [5.41, 5.74) is 6.23. The summed E-state index contributed by atoms with van der Waals surface area (Å²) < 4.78 is 0. The predicted molar refractivity (Wildman–Crippen MR) is 82.2 cm³/mol. The van der Waals surface area contributed by atoms with Gasteiger partial charge in [-0.1, -0.05) is 29.8 Å². The monoisotopic (exact) mass is 313 g/mol. The minimum absolute atomic E-state index is 0.226. The normalized spacial score (nSPS) is 11.3. The molecule has 2 rings (SSSR count). The van der Waals surface area contributed by atoms with Gasteiger partial charge in [-0.3, -0.25) is 9.59 Å². The summed E-state index contributed by atoms with van der Waals surface area (Å²) in [6.45, 7) is 0. The number of carbonyl (C=O) groups excluding carboxylic acids is 2. The van der Waals surface area contributed by atoms with E-state index in [0.29, 0.717) is 10.6 Å². The highest BCUT2D eigenvalue weighted by Gasteiger charge is 2.16. The highest BCUT2D eigenvalue weighted by molar-refractivity contribution is 6.30. The lowest BCUT2D eigenvalue weighted by molar-refractivity contribution is 0.0945. The quantitative estimate of drug-likeness (QED) is 0.907. The molecule has 0 radical (unpaired) electrons. The molecule has 0 aliphatic rings. The summed E-state index contributed by atoms with van der Waals surface area (Å²) in [4.78, 5) is 23.3. The fourth-order valence-electron chi connectivity index (χ4n) is 1.90. The van der Waals surface area contributed by atoms with Gasteiger partial charge in [0.25, 0.3) is 5.91 Å². The number of hydrogen-bond acceptors (Lipinski definition) is 3. The van der Waals surface area contributed by atoms with E-state index in [2.05, 4.69) is 5.32 Å². The van der Waals surface area contributed by atoms with Crippen molar-refractivity contribution in [2.24, 2.45) is 5.73 Å². The van der Waals surface area contributed by atoms with Crippen LogP contribution in [0.15, 0.2) is 48.5 Å². The van der Waals surface area contributed by atoms with Crippen LogP contribution in [0.4, 0.5) is 0 Å². The zero-order valence-corrected chi connectivity index (χ0v) is 12.2. The summed E-state index contributed by atoms with van der Waals surface area (Å²) in [7, 11) is 0. The zero-order chi connectivity index (χ0) is 16.1. The first-order valence-corrected chi connectivity index (χ1v) is 6.75. The minimum atomic E-state index is -0.844. The summed E-state index contributed by atoms with van der Waals surface area (Å²) in [6.07, 6.45) is 0. The van der Waals surface area contributed by atoms with Crippen LogP contribution in [0.2, 0.25) is 5.02 Å². The Morgan fingerprint density at radius 3 is 2.45 bits per heavy atom. The number of carbonyl (C=O) groups is 2. The van der Waals surface area contributed by atoms with Gasteiger partial charge in [0, 0.05) is 16.1 Å². The Morgan fingerprint density at radius 2 is 1.82 bits per heavy atom. The third-order valence-corrected chi connectivity index (χ3v) is 3.23. The Labute approximate surface area is 132 Å². The maximum atomic E-state index is 12.2. The third kappa shape index (κ3) is 3.62. The topological polar surface area (TPSA) is 96.0 Å². The van der Waals surface area contributed by atoms with Crippen LogP contribution in [-0.4, -0.2) is 11.8 Å². The number of rotatable bonds is 4. The second-order valence-electron chi connectivity index (χ2n) is 4.54. The molecule has 2 aromatic carbocycles. The average Bonchev–Trinajstić information content (AvgIpc) is 2.52. The molecule has 2 aromatic rings. The maximum Gasteiger partial charge on any atom is 0.252 e. The van der Waals surface area contributed by atoms with E-state index in [1.165, 1.54) is 18.2 Å². The Kier molecular flexibility index (Phi) is 4.77. The number of nitrogens with zero attached hydrogens (tertiary/aromatic N) is 1. The van der Waals surface area contributed by atoms with Gasteiger partial charge in [-0.15, -0.1) is 0 Å². The molecule has 3 N–H and O–H groups in total. The van der Waals surface area contributed by atoms with Crippen LogP contribution >= 0.6 is 11.6 Å². The molecule has 2 amide bonds. The zero-order valence-electron chi connectivity index (χ0n) is 11.4. The maximum absolute atomic E-state index is 12.2. The molecule has 0 saturated heterocycles. The van der Waals surface area contributed by atoms with Gasteiger partial charge in [0.05, 0.1) is 6.07 Å². The molecule has 0 fully saturated rings. The highest BCUT2D eigenvalue weighted by Crippen LogP contribution is 2.18. The van der Waals surface area contributed by atoms with E-state index < -0.39 is 17.9 Å². The number of nitrogens with two attached hydrogens (primary N) is 1. The SMILES string of the molecule is N#C[C@H](NC(=O)c1cccc(C(N)=O)c1)c1cccc(Cl)c1. The summed E-state index contributed by atoms with van der Waals surface area (Å²) in [5.74, 6) is -1.10. The first-order chi connectivity index (χ1) is 10.5. The Bertz CT molecular complexity index is 768. The lowest BCUT2D eigenvalue weighted by atomic mass is 10.1. The van der Waals surface area contributed by atoms with E-state index in [4.69, 9.17) is 17.3 Å².